The van der Waals surface area contributed by atoms with Gasteiger partial charge in [-0.3, -0.25) is 4.57 Å². The summed E-state index contributed by atoms with van der Waals surface area (Å²) in [7, 11) is 1.65. The van der Waals surface area contributed by atoms with E-state index in [1.807, 2.05) is 52.4 Å². The minimum Gasteiger partial charge on any atom is -0.495 e. The Morgan fingerprint density at radius 2 is 1.96 bits per heavy atom. The number of methoxy groups -OCH3 is 1. The molecule has 0 N–H and O–H groups in total. The van der Waals surface area contributed by atoms with E-state index in [9.17, 15) is 4.39 Å². The average molecular weight is 398 g/mol. The lowest BCUT2D eigenvalue weighted by Gasteiger charge is -2.13. The van der Waals surface area contributed by atoms with Gasteiger partial charge in [-0.25, -0.2) is 4.39 Å². The molecule has 7 heteroatoms. The standard InChI is InChI=1S/C20H16FN3OS2/c1-25-17-9-3-2-8-16(17)24-19(18-10-5-11-26-18)22-23-20(24)27-13-14-6-4-7-15(21)12-14/h2-12H,13H2,1H3. The summed E-state index contributed by atoms with van der Waals surface area (Å²) in [5.41, 5.74) is 1.77. The summed E-state index contributed by atoms with van der Waals surface area (Å²) >= 11 is 3.12. The molecule has 2 aromatic heterocycles. The van der Waals surface area contributed by atoms with Gasteiger partial charge in [0.2, 0.25) is 0 Å². The molecule has 27 heavy (non-hydrogen) atoms. The molecular formula is C20H16FN3OS2. The minimum absolute atomic E-state index is 0.237. The topological polar surface area (TPSA) is 39.9 Å². The Hall–Kier alpha value is -2.64. The highest BCUT2D eigenvalue weighted by Gasteiger charge is 2.19. The Morgan fingerprint density at radius 1 is 1.07 bits per heavy atom. The zero-order valence-electron chi connectivity index (χ0n) is 14.5. The summed E-state index contributed by atoms with van der Waals surface area (Å²) in [4.78, 5) is 1.02. The number of ether oxygens (including phenoxy) is 1. The minimum atomic E-state index is -0.237. The summed E-state index contributed by atoms with van der Waals surface area (Å²) < 4.78 is 21.0. The van der Waals surface area contributed by atoms with Crippen LogP contribution in [0.25, 0.3) is 16.4 Å². The van der Waals surface area contributed by atoms with Gasteiger partial charge in [0.05, 0.1) is 17.7 Å². The largest absolute Gasteiger partial charge is 0.495 e. The molecule has 0 saturated carbocycles. The summed E-state index contributed by atoms with van der Waals surface area (Å²) in [6.45, 7) is 0. The first-order valence-electron chi connectivity index (χ1n) is 8.26. The number of thiophene rings is 1. The van der Waals surface area contributed by atoms with Gasteiger partial charge in [-0.15, -0.1) is 21.5 Å². The van der Waals surface area contributed by atoms with Crippen molar-refractivity contribution >= 4 is 23.1 Å². The predicted molar refractivity (Wildman–Crippen MR) is 107 cm³/mol. The first kappa shape index (κ1) is 17.8. The third kappa shape index (κ3) is 3.74. The number of halogens is 1. The van der Waals surface area contributed by atoms with Gasteiger partial charge in [-0.1, -0.05) is 42.1 Å². The molecule has 4 aromatic rings. The number of rotatable bonds is 6. The molecule has 136 valence electrons. The van der Waals surface area contributed by atoms with E-state index < -0.39 is 0 Å². The Bertz CT molecular complexity index is 1050. The molecule has 0 saturated heterocycles. The van der Waals surface area contributed by atoms with E-state index in [-0.39, 0.29) is 5.82 Å². The monoisotopic (exact) mass is 397 g/mol. The second kappa shape index (κ2) is 7.94. The van der Waals surface area contributed by atoms with E-state index in [1.165, 1.54) is 23.9 Å². The van der Waals surface area contributed by atoms with E-state index >= 15 is 0 Å². The van der Waals surface area contributed by atoms with Crippen molar-refractivity contribution < 1.29 is 9.13 Å². The molecule has 0 aliphatic carbocycles. The fourth-order valence-electron chi connectivity index (χ4n) is 2.74. The van der Waals surface area contributed by atoms with Gasteiger partial charge in [0.15, 0.2) is 11.0 Å². The maximum absolute atomic E-state index is 13.5. The molecule has 0 amide bonds. The molecule has 0 atom stereocenters. The van der Waals surface area contributed by atoms with Crippen molar-refractivity contribution in [2.45, 2.75) is 10.9 Å². The van der Waals surface area contributed by atoms with Crippen LogP contribution in [0, 0.1) is 5.82 Å². The zero-order valence-corrected chi connectivity index (χ0v) is 16.1. The van der Waals surface area contributed by atoms with Crippen LogP contribution in [0.4, 0.5) is 4.39 Å². The fourth-order valence-corrected chi connectivity index (χ4v) is 4.32. The molecule has 2 aromatic carbocycles. The summed E-state index contributed by atoms with van der Waals surface area (Å²) in [6.07, 6.45) is 0. The molecule has 2 heterocycles. The third-order valence-electron chi connectivity index (χ3n) is 3.96. The smallest absolute Gasteiger partial charge is 0.196 e. The van der Waals surface area contributed by atoms with Crippen LogP contribution in [-0.2, 0) is 5.75 Å². The van der Waals surface area contributed by atoms with Crippen molar-refractivity contribution in [1.82, 2.24) is 14.8 Å². The second-order valence-corrected chi connectivity index (χ2v) is 7.60. The first-order valence-corrected chi connectivity index (χ1v) is 10.1. The number of thioether (sulfide) groups is 1. The van der Waals surface area contributed by atoms with Crippen LogP contribution in [0.15, 0.2) is 71.2 Å². The van der Waals surface area contributed by atoms with Crippen LogP contribution in [-0.4, -0.2) is 21.9 Å². The maximum Gasteiger partial charge on any atom is 0.196 e. The molecule has 0 aliphatic rings. The Kier molecular flexibility index (Phi) is 5.22. The molecule has 0 spiro atoms. The van der Waals surface area contributed by atoms with Gasteiger partial charge < -0.3 is 4.74 Å². The number of benzene rings is 2. The summed E-state index contributed by atoms with van der Waals surface area (Å²) in [5.74, 6) is 1.85. The first-order chi connectivity index (χ1) is 13.3. The van der Waals surface area contributed by atoms with Crippen LogP contribution >= 0.6 is 23.1 Å². The van der Waals surface area contributed by atoms with Gasteiger partial charge in [0, 0.05) is 5.75 Å². The molecule has 4 nitrogen and oxygen atoms in total. The van der Waals surface area contributed by atoms with E-state index in [0.29, 0.717) is 5.75 Å². The Labute approximate surface area is 164 Å². The van der Waals surface area contributed by atoms with Crippen LogP contribution < -0.4 is 4.74 Å². The maximum atomic E-state index is 13.5. The number of aromatic nitrogens is 3. The summed E-state index contributed by atoms with van der Waals surface area (Å²) in [5, 5.41) is 11.5. The van der Waals surface area contributed by atoms with E-state index in [1.54, 1.807) is 24.5 Å². The zero-order chi connectivity index (χ0) is 18.6. The normalized spacial score (nSPS) is 10.9. The molecule has 0 bridgehead atoms. The highest BCUT2D eigenvalue weighted by Crippen LogP contribution is 2.34. The number of nitrogens with zero attached hydrogens (tertiary/aromatic N) is 3. The number of para-hydroxylation sites is 2. The average Bonchev–Trinajstić information content (AvgIpc) is 3.36. The molecule has 0 unspecified atom stereocenters. The van der Waals surface area contributed by atoms with Crippen molar-refractivity contribution in [1.29, 1.82) is 0 Å². The van der Waals surface area contributed by atoms with Crippen molar-refractivity contribution in [2.24, 2.45) is 0 Å². The van der Waals surface area contributed by atoms with E-state index in [0.717, 1.165) is 32.9 Å². The SMILES string of the molecule is COc1ccccc1-n1c(SCc2cccc(F)c2)nnc1-c1cccs1. The lowest BCUT2D eigenvalue weighted by molar-refractivity contribution is 0.412. The van der Waals surface area contributed by atoms with Crippen molar-refractivity contribution in [2.75, 3.05) is 7.11 Å². The Morgan fingerprint density at radius 3 is 2.74 bits per heavy atom. The lowest BCUT2D eigenvalue weighted by Crippen LogP contribution is -2.01. The van der Waals surface area contributed by atoms with Crippen LogP contribution in [0.5, 0.6) is 5.75 Å². The van der Waals surface area contributed by atoms with Gasteiger partial charge in [-0.05, 0) is 41.3 Å². The molecular weight excluding hydrogens is 381 g/mol. The quantitative estimate of drug-likeness (QED) is 0.407. The number of hydrogen-bond donors (Lipinski definition) is 0. The van der Waals surface area contributed by atoms with Crippen LogP contribution in [0.1, 0.15) is 5.56 Å². The van der Waals surface area contributed by atoms with E-state index in [4.69, 9.17) is 4.74 Å². The fraction of sp³-hybridized carbons (Fsp3) is 0.100. The van der Waals surface area contributed by atoms with Gasteiger partial charge in [0.25, 0.3) is 0 Å². The summed E-state index contributed by atoms with van der Waals surface area (Å²) in [6, 6.07) is 18.4. The molecule has 0 fully saturated rings. The molecule has 4 rings (SSSR count). The number of hydrogen-bond acceptors (Lipinski definition) is 5. The van der Waals surface area contributed by atoms with Crippen molar-refractivity contribution in [3.63, 3.8) is 0 Å². The van der Waals surface area contributed by atoms with Crippen molar-refractivity contribution in [3.05, 3.63) is 77.4 Å². The molecule has 0 aliphatic heterocycles. The van der Waals surface area contributed by atoms with Gasteiger partial charge in [-0.2, -0.15) is 0 Å². The van der Waals surface area contributed by atoms with Gasteiger partial charge >= 0.3 is 0 Å². The van der Waals surface area contributed by atoms with Crippen LogP contribution in [0.3, 0.4) is 0 Å². The lowest BCUT2D eigenvalue weighted by atomic mass is 10.2. The molecule has 0 radical (unpaired) electrons. The third-order valence-corrected chi connectivity index (χ3v) is 5.82. The van der Waals surface area contributed by atoms with Crippen molar-refractivity contribution in [3.8, 4) is 22.1 Å². The Balaban J connectivity index is 1.76. The second-order valence-electron chi connectivity index (χ2n) is 5.71. The predicted octanol–water partition coefficient (Wildman–Crippen LogP) is 5.44. The van der Waals surface area contributed by atoms with Crippen LogP contribution in [0.2, 0.25) is 0 Å². The highest BCUT2D eigenvalue weighted by molar-refractivity contribution is 7.98. The van der Waals surface area contributed by atoms with Gasteiger partial charge in [0.1, 0.15) is 11.6 Å². The highest BCUT2D eigenvalue weighted by atomic mass is 32.2. The van der Waals surface area contributed by atoms with E-state index in [2.05, 4.69) is 10.2 Å².